The molecule has 0 bridgehead atoms. The van der Waals surface area contributed by atoms with E-state index < -0.39 is 0 Å². The smallest absolute Gasteiger partial charge is 0.00498 e. The zero-order valence-corrected chi connectivity index (χ0v) is 31.8. The third kappa shape index (κ3) is 35.1. The van der Waals surface area contributed by atoms with Crippen LogP contribution >= 0.6 is 11.8 Å². The predicted octanol–water partition coefficient (Wildman–Crippen LogP) is 16.6. The van der Waals surface area contributed by atoms with E-state index in [9.17, 15) is 0 Å². The summed E-state index contributed by atoms with van der Waals surface area (Å²) in [6.45, 7) is 9.34. The third-order valence-electron chi connectivity index (χ3n) is 9.90. The standard InChI is InChI=1S/C42H86S/c1-5-9-13-17-21-23-27-31-35-39-41(37-33-29-25-19-15-11-7-3)43-42(38-34-30-26-20-16-12-8-4)40-36-32-28-24-22-18-14-10-6-2/h41-42H,5-40H2,1-4H3. The summed E-state index contributed by atoms with van der Waals surface area (Å²) in [7, 11) is 0. The van der Waals surface area contributed by atoms with Crippen LogP contribution in [0.25, 0.3) is 0 Å². The van der Waals surface area contributed by atoms with E-state index in [0.29, 0.717) is 0 Å². The van der Waals surface area contributed by atoms with Gasteiger partial charge in [0.2, 0.25) is 0 Å². The lowest BCUT2D eigenvalue weighted by Gasteiger charge is -2.24. The highest BCUT2D eigenvalue weighted by atomic mass is 32.2. The molecule has 0 aliphatic heterocycles. The van der Waals surface area contributed by atoms with Crippen LogP contribution in [0.3, 0.4) is 0 Å². The normalized spacial score (nSPS) is 13.1. The summed E-state index contributed by atoms with van der Waals surface area (Å²) in [4.78, 5) is 0. The van der Waals surface area contributed by atoms with E-state index in [1.54, 1.807) is 0 Å². The Bertz CT molecular complexity index is 432. The van der Waals surface area contributed by atoms with E-state index in [2.05, 4.69) is 39.5 Å². The summed E-state index contributed by atoms with van der Waals surface area (Å²) in [6.07, 6.45) is 52.8. The molecular formula is C42H86S. The molecule has 0 heterocycles. The van der Waals surface area contributed by atoms with Crippen molar-refractivity contribution in [2.45, 2.75) is 269 Å². The molecule has 0 aromatic heterocycles. The lowest BCUT2D eigenvalue weighted by atomic mass is 10.0. The van der Waals surface area contributed by atoms with Crippen LogP contribution in [0.1, 0.15) is 259 Å². The van der Waals surface area contributed by atoms with Crippen LogP contribution in [0, 0.1) is 0 Å². The summed E-state index contributed by atoms with van der Waals surface area (Å²) in [6, 6.07) is 0. The van der Waals surface area contributed by atoms with Gasteiger partial charge in [0.15, 0.2) is 0 Å². The van der Waals surface area contributed by atoms with Crippen molar-refractivity contribution in [3.05, 3.63) is 0 Å². The number of hydrogen-bond acceptors (Lipinski definition) is 1. The predicted molar refractivity (Wildman–Crippen MR) is 204 cm³/mol. The van der Waals surface area contributed by atoms with Gasteiger partial charge >= 0.3 is 0 Å². The van der Waals surface area contributed by atoms with Crippen LogP contribution in [0.15, 0.2) is 0 Å². The third-order valence-corrected chi connectivity index (χ3v) is 11.6. The highest BCUT2D eigenvalue weighted by Crippen LogP contribution is 2.33. The van der Waals surface area contributed by atoms with Crippen molar-refractivity contribution in [2.75, 3.05) is 0 Å². The average molecular weight is 623 g/mol. The largest absolute Gasteiger partial charge is 0.155 e. The number of unbranched alkanes of at least 4 members (excludes halogenated alkanes) is 28. The van der Waals surface area contributed by atoms with Gasteiger partial charge in [-0.2, -0.15) is 11.8 Å². The second kappa shape index (κ2) is 38.5. The number of thioether (sulfide) groups is 1. The zero-order valence-electron chi connectivity index (χ0n) is 31.0. The fraction of sp³-hybridized carbons (Fsp3) is 1.00. The molecule has 0 amide bonds. The molecule has 0 aliphatic rings. The Labute approximate surface area is 280 Å². The van der Waals surface area contributed by atoms with E-state index in [4.69, 9.17) is 0 Å². The van der Waals surface area contributed by atoms with Gasteiger partial charge in [0, 0.05) is 10.5 Å². The molecule has 0 aromatic carbocycles. The molecule has 0 aliphatic carbocycles. The van der Waals surface area contributed by atoms with Crippen molar-refractivity contribution >= 4 is 11.8 Å². The molecule has 0 N–H and O–H groups in total. The summed E-state index contributed by atoms with van der Waals surface area (Å²) in [5.74, 6) is 0. The molecule has 43 heavy (non-hydrogen) atoms. The first-order valence-electron chi connectivity index (χ1n) is 20.9. The van der Waals surface area contributed by atoms with Gasteiger partial charge in [0.1, 0.15) is 0 Å². The van der Waals surface area contributed by atoms with Gasteiger partial charge in [-0.1, -0.05) is 233 Å². The number of rotatable bonds is 38. The summed E-state index contributed by atoms with van der Waals surface area (Å²) >= 11 is 2.49. The van der Waals surface area contributed by atoms with Gasteiger partial charge in [0.05, 0.1) is 0 Å². The molecule has 1 heteroatoms. The molecule has 0 nitrogen and oxygen atoms in total. The molecule has 0 radical (unpaired) electrons. The lowest BCUT2D eigenvalue weighted by Crippen LogP contribution is -2.12. The molecule has 2 unspecified atom stereocenters. The molecule has 2 atom stereocenters. The van der Waals surface area contributed by atoms with Gasteiger partial charge in [0.25, 0.3) is 0 Å². The van der Waals surface area contributed by atoms with E-state index in [-0.39, 0.29) is 0 Å². The Morgan fingerprint density at radius 1 is 0.233 bits per heavy atom. The monoisotopic (exact) mass is 623 g/mol. The Kier molecular flexibility index (Phi) is 38.8. The lowest BCUT2D eigenvalue weighted by molar-refractivity contribution is 0.519. The first kappa shape index (κ1) is 43.4. The van der Waals surface area contributed by atoms with Gasteiger partial charge in [-0.3, -0.25) is 0 Å². The van der Waals surface area contributed by atoms with Crippen molar-refractivity contribution in [1.82, 2.24) is 0 Å². The first-order valence-corrected chi connectivity index (χ1v) is 21.9. The summed E-state index contributed by atoms with van der Waals surface area (Å²) in [5, 5.41) is 1.88. The van der Waals surface area contributed by atoms with E-state index in [1.165, 1.54) is 231 Å². The van der Waals surface area contributed by atoms with Crippen LogP contribution < -0.4 is 0 Å². The van der Waals surface area contributed by atoms with Crippen molar-refractivity contribution in [3.63, 3.8) is 0 Å². The van der Waals surface area contributed by atoms with E-state index >= 15 is 0 Å². The van der Waals surface area contributed by atoms with Crippen molar-refractivity contribution in [1.29, 1.82) is 0 Å². The Morgan fingerprint density at radius 3 is 0.581 bits per heavy atom. The highest BCUT2D eigenvalue weighted by Gasteiger charge is 2.17. The molecule has 0 fully saturated rings. The molecule has 0 rings (SSSR count). The second-order valence-electron chi connectivity index (χ2n) is 14.4. The van der Waals surface area contributed by atoms with Crippen LogP contribution in [0.2, 0.25) is 0 Å². The molecule has 0 saturated heterocycles. The minimum Gasteiger partial charge on any atom is -0.155 e. The van der Waals surface area contributed by atoms with Crippen molar-refractivity contribution < 1.29 is 0 Å². The fourth-order valence-corrected chi connectivity index (χ4v) is 8.61. The fourth-order valence-electron chi connectivity index (χ4n) is 6.86. The first-order chi connectivity index (χ1) is 21.3. The molecule has 0 saturated carbocycles. The van der Waals surface area contributed by atoms with Crippen LogP contribution in [-0.2, 0) is 0 Å². The van der Waals surface area contributed by atoms with E-state index in [0.717, 1.165) is 10.5 Å². The molecular weight excluding hydrogens is 537 g/mol. The molecule has 0 spiro atoms. The molecule has 260 valence electrons. The van der Waals surface area contributed by atoms with Crippen molar-refractivity contribution in [3.8, 4) is 0 Å². The maximum Gasteiger partial charge on any atom is 0.00498 e. The maximum atomic E-state index is 2.49. The number of hydrogen-bond donors (Lipinski definition) is 0. The quantitative estimate of drug-likeness (QED) is 0.0617. The summed E-state index contributed by atoms with van der Waals surface area (Å²) < 4.78 is 0. The van der Waals surface area contributed by atoms with Gasteiger partial charge in [-0.15, -0.1) is 0 Å². The SMILES string of the molecule is CCCCCCCCCCCC(CCCCCCCCC)SC(CCCCCCCCC)CCCCCCCCCCC. The van der Waals surface area contributed by atoms with Gasteiger partial charge in [-0.25, -0.2) is 0 Å². The highest BCUT2D eigenvalue weighted by molar-refractivity contribution is 8.00. The van der Waals surface area contributed by atoms with Crippen LogP contribution in [0.4, 0.5) is 0 Å². The summed E-state index contributed by atoms with van der Waals surface area (Å²) in [5.41, 5.74) is 0. The van der Waals surface area contributed by atoms with Gasteiger partial charge < -0.3 is 0 Å². The zero-order chi connectivity index (χ0) is 31.3. The molecule has 0 aromatic rings. The Hall–Kier alpha value is 0.350. The Morgan fingerprint density at radius 2 is 0.395 bits per heavy atom. The topological polar surface area (TPSA) is 0 Å². The average Bonchev–Trinajstić information content (AvgIpc) is 3.01. The second-order valence-corrected chi connectivity index (χ2v) is 16.0. The van der Waals surface area contributed by atoms with Crippen LogP contribution in [0.5, 0.6) is 0 Å². The Balaban J connectivity index is 4.65. The minimum atomic E-state index is 0.938. The van der Waals surface area contributed by atoms with Crippen LogP contribution in [-0.4, -0.2) is 10.5 Å². The van der Waals surface area contributed by atoms with Crippen molar-refractivity contribution in [2.24, 2.45) is 0 Å². The maximum absolute atomic E-state index is 2.49. The minimum absolute atomic E-state index is 0.938. The van der Waals surface area contributed by atoms with Gasteiger partial charge in [-0.05, 0) is 25.7 Å². The van der Waals surface area contributed by atoms with E-state index in [1.807, 2.05) is 0 Å².